The zero-order chi connectivity index (χ0) is 22.7. The Balaban J connectivity index is 1.91. The highest BCUT2D eigenvalue weighted by molar-refractivity contribution is 7.88. The van der Waals surface area contributed by atoms with Crippen LogP contribution < -0.4 is 14.8 Å². The summed E-state index contributed by atoms with van der Waals surface area (Å²) >= 11 is 0. The van der Waals surface area contributed by atoms with E-state index in [1.807, 2.05) is 87.3 Å². The van der Waals surface area contributed by atoms with Gasteiger partial charge in [0.05, 0.1) is 18.8 Å². The number of rotatable bonds is 11. The Morgan fingerprint density at radius 1 is 1.06 bits per heavy atom. The Bertz CT molecular complexity index is 914. The van der Waals surface area contributed by atoms with Gasteiger partial charge in [0.15, 0.2) is 5.96 Å². The maximum Gasteiger partial charge on any atom is 0.216 e. The van der Waals surface area contributed by atoms with Crippen LogP contribution in [0.5, 0.6) is 5.75 Å². The van der Waals surface area contributed by atoms with Gasteiger partial charge in [-0.1, -0.05) is 42.5 Å². The lowest BCUT2D eigenvalue weighted by Crippen LogP contribution is -2.40. The third-order valence-electron chi connectivity index (χ3n) is 4.34. The maximum atomic E-state index is 12.1. The predicted molar refractivity (Wildman–Crippen MR) is 127 cm³/mol. The van der Waals surface area contributed by atoms with Crippen molar-refractivity contribution in [1.82, 2.24) is 14.9 Å². The van der Waals surface area contributed by atoms with Gasteiger partial charge in [0.1, 0.15) is 12.4 Å². The molecule has 0 aliphatic heterocycles. The fourth-order valence-electron chi connectivity index (χ4n) is 2.92. The number of hydrogen-bond donors (Lipinski definition) is 2. The molecule has 7 nitrogen and oxygen atoms in total. The van der Waals surface area contributed by atoms with Crippen LogP contribution in [0.15, 0.2) is 59.6 Å². The molecule has 2 N–H and O–H groups in total. The van der Waals surface area contributed by atoms with Crippen molar-refractivity contribution in [3.63, 3.8) is 0 Å². The van der Waals surface area contributed by atoms with Crippen molar-refractivity contribution in [3.05, 3.63) is 65.7 Å². The Morgan fingerprint density at radius 3 is 2.32 bits per heavy atom. The van der Waals surface area contributed by atoms with E-state index >= 15 is 0 Å². The van der Waals surface area contributed by atoms with Gasteiger partial charge in [-0.3, -0.25) is 0 Å². The maximum absolute atomic E-state index is 12.1. The molecule has 2 aromatic rings. The van der Waals surface area contributed by atoms with E-state index in [1.54, 1.807) is 0 Å². The molecule has 0 atom stereocenters. The predicted octanol–water partition coefficient (Wildman–Crippen LogP) is 2.99. The Hall–Kier alpha value is -2.58. The van der Waals surface area contributed by atoms with Gasteiger partial charge >= 0.3 is 0 Å². The molecule has 0 bridgehead atoms. The number of para-hydroxylation sites is 1. The van der Waals surface area contributed by atoms with Crippen LogP contribution in [0.4, 0.5) is 0 Å². The molecule has 0 unspecified atom stereocenters. The first-order chi connectivity index (χ1) is 14.8. The van der Waals surface area contributed by atoms with E-state index in [-0.39, 0.29) is 11.8 Å². The second-order valence-corrected chi connectivity index (χ2v) is 9.36. The van der Waals surface area contributed by atoms with Crippen LogP contribution in [-0.2, 0) is 22.3 Å². The third kappa shape index (κ3) is 9.40. The van der Waals surface area contributed by atoms with Gasteiger partial charge in [-0.25, -0.2) is 18.1 Å². The molecule has 2 rings (SSSR count). The summed E-state index contributed by atoms with van der Waals surface area (Å²) in [5, 5.41) is 3.29. The van der Waals surface area contributed by atoms with Crippen LogP contribution in [0.3, 0.4) is 0 Å². The lowest BCUT2D eigenvalue weighted by Gasteiger charge is -2.22. The minimum Gasteiger partial charge on any atom is -0.492 e. The summed E-state index contributed by atoms with van der Waals surface area (Å²) in [6, 6.07) is 17.2. The van der Waals surface area contributed by atoms with Crippen molar-refractivity contribution >= 4 is 16.0 Å². The Kier molecular flexibility index (Phi) is 9.81. The molecule has 8 heteroatoms. The average Bonchev–Trinajstić information content (AvgIpc) is 2.71. The molecule has 0 amide bonds. The van der Waals surface area contributed by atoms with Crippen LogP contribution in [-0.4, -0.2) is 52.1 Å². The summed E-state index contributed by atoms with van der Waals surface area (Å²) in [5.74, 6) is 1.62. The molecule has 0 aliphatic rings. The van der Waals surface area contributed by atoms with Crippen LogP contribution in [0, 0.1) is 0 Å². The molecule has 0 heterocycles. The molecule has 0 aliphatic carbocycles. The number of sulfonamides is 1. The quantitative estimate of drug-likeness (QED) is 0.410. The number of benzene rings is 2. The van der Waals surface area contributed by atoms with Crippen molar-refractivity contribution < 1.29 is 13.2 Å². The molecule has 0 radical (unpaired) electrons. The zero-order valence-corrected chi connectivity index (χ0v) is 19.7. The highest BCUT2D eigenvalue weighted by atomic mass is 32.2. The van der Waals surface area contributed by atoms with Gasteiger partial charge in [-0.05, 0) is 44.0 Å². The van der Waals surface area contributed by atoms with E-state index in [0.29, 0.717) is 19.7 Å². The number of hydrogen-bond acceptors (Lipinski definition) is 4. The summed E-state index contributed by atoms with van der Waals surface area (Å²) in [6.07, 6.45) is 0. The molecule has 170 valence electrons. The van der Waals surface area contributed by atoms with Crippen LogP contribution in [0.1, 0.15) is 31.9 Å². The van der Waals surface area contributed by atoms with Crippen LogP contribution >= 0.6 is 0 Å². The monoisotopic (exact) mass is 446 g/mol. The fraction of sp³-hybridized carbons (Fsp3) is 0.435. The van der Waals surface area contributed by atoms with Gasteiger partial charge < -0.3 is 15.0 Å². The molecule has 0 aromatic heterocycles. The number of guanidine groups is 1. The molecule has 0 spiro atoms. The molecule has 0 saturated heterocycles. The summed E-state index contributed by atoms with van der Waals surface area (Å²) in [6.45, 7) is 8.17. The second kappa shape index (κ2) is 12.3. The number of ether oxygens (including phenoxy) is 1. The number of aliphatic imine (C=N–C) groups is 1. The number of nitrogens with one attached hydrogen (secondary N) is 2. The van der Waals surface area contributed by atoms with Crippen LogP contribution in [0.25, 0.3) is 0 Å². The average molecular weight is 447 g/mol. The smallest absolute Gasteiger partial charge is 0.216 e. The second-order valence-electron chi connectivity index (χ2n) is 7.60. The Morgan fingerprint density at radius 2 is 1.71 bits per heavy atom. The van der Waals surface area contributed by atoms with Gasteiger partial charge in [0.2, 0.25) is 10.0 Å². The normalized spacial score (nSPS) is 12.1. The van der Waals surface area contributed by atoms with Gasteiger partial charge in [-0.15, -0.1) is 0 Å². The van der Waals surface area contributed by atoms with Crippen molar-refractivity contribution in [2.24, 2.45) is 4.99 Å². The largest absolute Gasteiger partial charge is 0.492 e. The summed E-state index contributed by atoms with van der Waals surface area (Å²) in [7, 11) is -1.35. The molecule has 0 saturated carbocycles. The summed E-state index contributed by atoms with van der Waals surface area (Å²) in [5.41, 5.74) is 1.77. The molecule has 0 fully saturated rings. The lowest BCUT2D eigenvalue weighted by atomic mass is 10.1. The topological polar surface area (TPSA) is 83.0 Å². The first-order valence-corrected chi connectivity index (χ1v) is 12.2. The first kappa shape index (κ1) is 24.7. The standard InChI is InChI=1S/C23H34N4O3S/c1-5-24-23(27(4)15-16-30-22-9-7-6-8-10-22)25-17-20-11-13-21(14-12-20)18-31(28,29)26-19(2)3/h6-14,19,26H,5,15-18H2,1-4H3,(H,24,25). The third-order valence-corrected chi connectivity index (χ3v) is 5.89. The lowest BCUT2D eigenvalue weighted by molar-refractivity contribution is 0.281. The van der Waals surface area contributed by atoms with Crippen molar-refractivity contribution in [2.45, 2.75) is 39.1 Å². The molecular formula is C23H34N4O3S. The van der Waals surface area contributed by atoms with Crippen molar-refractivity contribution in [1.29, 1.82) is 0 Å². The highest BCUT2D eigenvalue weighted by Crippen LogP contribution is 2.10. The zero-order valence-electron chi connectivity index (χ0n) is 18.8. The minimum absolute atomic E-state index is 0.0263. The van der Waals surface area contributed by atoms with E-state index < -0.39 is 10.0 Å². The van der Waals surface area contributed by atoms with Gasteiger partial charge in [0.25, 0.3) is 0 Å². The molecule has 2 aromatic carbocycles. The van der Waals surface area contributed by atoms with Gasteiger partial charge in [0, 0.05) is 19.6 Å². The fourth-order valence-corrected chi connectivity index (χ4v) is 4.35. The Labute approximate surface area is 186 Å². The first-order valence-electron chi connectivity index (χ1n) is 10.5. The van der Waals surface area contributed by atoms with E-state index in [0.717, 1.165) is 29.4 Å². The van der Waals surface area contributed by atoms with E-state index in [1.165, 1.54) is 0 Å². The molecular weight excluding hydrogens is 412 g/mol. The van der Waals surface area contributed by atoms with Crippen LogP contribution in [0.2, 0.25) is 0 Å². The highest BCUT2D eigenvalue weighted by Gasteiger charge is 2.13. The van der Waals surface area contributed by atoms with Crippen molar-refractivity contribution in [2.75, 3.05) is 26.7 Å². The van der Waals surface area contributed by atoms with Gasteiger partial charge in [-0.2, -0.15) is 0 Å². The number of likely N-dealkylation sites (N-methyl/N-ethyl adjacent to an activating group) is 1. The van der Waals surface area contributed by atoms with Crippen molar-refractivity contribution in [3.8, 4) is 5.75 Å². The summed E-state index contributed by atoms with van der Waals surface area (Å²) < 4.78 is 32.5. The summed E-state index contributed by atoms with van der Waals surface area (Å²) in [4.78, 5) is 6.73. The van der Waals surface area contributed by atoms with E-state index in [4.69, 9.17) is 9.73 Å². The number of nitrogens with zero attached hydrogens (tertiary/aromatic N) is 2. The van der Waals surface area contributed by atoms with E-state index in [9.17, 15) is 8.42 Å². The SMILES string of the molecule is CCNC(=NCc1ccc(CS(=O)(=O)NC(C)C)cc1)N(C)CCOc1ccccc1. The van der Waals surface area contributed by atoms with E-state index in [2.05, 4.69) is 10.0 Å². The molecule has 31 heavy (non-hydrogen) atoms. The minimum atomic E-state index is -3.33.